The number of hydrogen-bond donors (Lipinski definition) is 0. The molecule has 3 rings (SSSR count). The second-order valence-electron chi connectivity index (χ2n) is 5.17. The average molecular weight is 245 g/mol. The summed E-state index contributed by atoms with van der Waals surface area (Å²) in [5.41, 5.74) is 2.17. The molecule has 0 amide bonds. The van der Waals surface area contributed by atoms with Crippen LogP contribution in [0, 0.1) is 5.92 Å². The summed E-state index contributed by atoms with van der Waals surface area (Å²) in [4.78, 5) is 14.8. The predicted octanol–water partition coefficient (Wildman–Crippen LogP) is 1.76. The first-order valence-corrected chi connectivity index (χ1v) is 6.77. The summed E-state index contributed by atoms with van der Waals surface area (Å²) in [7, 11) is 0. The van der Waals surface area contributed by atoms with Crippen LogP contribution in [0.15, 0.2) is 24.3 Å². The second-order valence-corrected chi connectivity index (χ2v) is 5.17. The van der Waals surface area contributed by atoms with Crippen molar-refractivity contribution in [2.45, 2.75) is 12.8 Å². The lowest BCUT2D eigenvalue weighted by Crippen LogP contribution is -2.42. The molecule has 1 saturated heterocycles. The van der Waals surface area contributed by atoms with Crippen LogP contribution in [0.5, 0.6) is 0 Å². The maximum atomic E-state index is 12.4. The van der Waals surface area contributed by atoms with Crippen molar-refractivity contribution >= 4 is 5.78 Å². The van der Waals surface area contributed by atoms with Gasteiger partial charge in [-0.25, -0.2) is 0 Å². The van der Waals surface area contributed by atoms with E-state index in [9.17, 15) is 4.79 Å². The molecule has 0 N–H and O–H groups in total. The molecule has 96 valence electrons. The van der Waals surface area contributed by atoms with Gasteiger partial charge in [-0.3, -0.25) is 9.69 Å². The molecule has 1 aromatic rings. The fourth-order valence-corrected chi connectivity index (χ4v) is 2.93. The van der Waals surface area contributed by atoms with Crippen molar-refractivity contribution in [2.24, 2.45) is 5.92 Å². The molecule has 1 aliphatic heterocycles. The summed E-state index contributed by atoms with van der Waals surface area (Å²) in [6.07, 6.45) is 2.03. The summed E-state index contributed by atoms with van der Waals surface area (Å²) in [6, 6.07) is 8.05. The van der Waals surface area contributed by atoms with Gasteiger partial charge >= 0.3 is 0 Å². The number of rotatable bonds is 2. The molecule has 1 unspecified atom stereocenters. The van der Waals surface area contributed by atoms with Crippen LogP contribution in [0.2, 0.25) is 0 Å². The minimum Gasteiger partial charge on any atom is -0.379 e. The Morgan fingerprint density at radius 2 is 2.00 bits per heavy atom. The number of fused-ring (bicyclic) bond motifs is 1. The Labute approximate surface area is 108 Å². The molecule has 0 saturated carbocycles. The van der Waals surface area contributed by atoms with Gasteiger partial charge in [-0.1, -0.05) is 24.3 Å². The first-order valence-electron chi connectivity index (χ1n) is 6.77. The molecular weight excluding hydrogens is 226 g/mol. The van der Waals surface area contributed by atoms with Crippen LogP contribution in [-0.2, 0) is 11.2 Å². The molecule has 3 heteroatoms. The molecule has 2 aliphatic rings. The van der Waals surface area contributed by atoms with Crippen LogP contribution >= 0.6 is 0 Å². The van der Waals surface area contributed by atoms with Crippen molar-refractivity contribution in [3.63, 3.8) is 0 Å². The number of aryl methyl sites for hydroxylation is 1. The van der Waals surface area contributed by atoms with E-state index in [4.69, 9.17) is 4.74 Å². The lowest BCUT2D eigenvalue weighted by molar-refractivity contribution is 0.0291. The first-order chi connectivity index (χ1) is 8.84. The highest BCUT2D eigenvalue weighted by Crippen LogP contribution is 2.26. The second kappa shape index (κ2) is 5.21. The smallest absolute Gasteiger partial charge is 0.167 e. The van der Waals surface area contributed by atoms with Gasteiger partial charge in [-0.2, -0.15) is 0 Å². The van der Waals surface area contributed by atoms with Crippen molar-refractivity contribution in [2.75, 3.05) is 32.8 Å². The number of benzene rings is 1. The van der Waals surface area contributed by atoms with E-state index in [1.165, 1.54) is 5.56 Å². The van der Waals surface area contributed by atoms with Gasteiger partial charge < -0.3 is 4.74 Å². The molecule has 0 aromatic heterocycles. The lowest BCUT2D eigenvalue weighted by atomic mass is 9.82. The lowest BCUT2D eigenvalue weighted by Gasteiger charge is -2.32. The van der Waals surface area contributed by atoms with Gasteiger partial charge in [0.25, 0.3) is 0 Å². The summed E-state index contributed by atoms with van der Waals surface area (Å²) >= 11 is 0. The largest absolute Gasteiger partial charge is 0.379 e. The van der Waals surface area contributed by atoms with E-state index in [0.717, 1.165) is 51.3 Å². The van der Waals surface area contributed by atoms with Crippen LogP contribution in [0.4, 0.5) is 0 Å². The number of carbonyl (C=O) groups excluding carboxylic acids is 1. The molecule has 1 aliphatic carbocycles. The molecular formula is C15H19NO2. The van der Waals surface area contributed by atoms with E-state index in [2.05, 4.69) is 11.0 Å². The summed E-state index contributed by atoms with van der Waals surface area (Å²) < 4.78 is 5.35. The van der Waals surface area contributed by atoms with E-state index >= 15 is 0 Å². The van der Waals surface area contributed by atoms with Gasteiger partial charge in [0, 0.05) is 31.1 Å². The zero-order valence-corrected chi connectivity index (χ0v) is 10.6. The van der Waals surface area contributed by atoms with Crippen molar-refractivity contribution in [3.8, 4) is 0 Å². The van der Waals surface area contributed by atoms with Crippen LogP contribution in [0.1, 0.15) is 22.3 Å². The zero-order valence-electron chi connectivity index (χ0n) is 10.6. The van der Waals surface area contributed by atoms with Crippen LogP contribution in [-0.4, -0.2) is 43.5 Å². The SMILES string of the molecule is O=C1c2ccccc2CCC1CN1CCOCC1. The Hall–Kier alpha value is -1.19. The van der Waals surface area contributed by atoms with Crippen LogP contribution in [0.3, 0.4) is 0 Å². The number of morpholine rings is 1. The monoisotopic (exact) mass is 245 g/mol. The normalized spacial score (nSPS) is 24.9. The van der Waals surface area contributed by atoms with Gasteiger partial charge in [-0.05, 0) is 18.4 Å². The Morgan fingerprint density at radius 3 is 2.83 bits per heavy atom. The van der Waals surface area contributed by atoms with Gasteiger partial charge in [-0.15, -0.1) is 0 Å². The van der Waals surface area contributed by atoms with E-state index in [-0.39, 0.29) is 5.92 Å². The minimum atomic E-state index is 0.179. The van der Waals surface area contributed by atoms with Crippen molar-refractivity contribution in [1.82, 2.24) is 4.90 Å². The summed E-state index contributed by atoms with van der Waals surface area (Å²) in [5.74, 6) is 0.515. The third-order valence-electron chi connectivity index (χ3n) is 4.00. The number of Topliss-reactive ketones (excluding diaryl/α,β-unsaturated/α-hetero) is 1. The van der Waals surface area contributed by atoms with E-state index in [1.807, 2.05) is 18.2 Å². The molecule has 1 heterocycles. The fourth-order valence-electron chi connectivity index (χ4n) is 2.93. The number of nitrogens with zero attached hydrogens (tertiary/aromatic N) is 1. The van der Waals surface area contributed by atoms with E-state index in [0.29, 0.717) is 5.78 Å². The van der Waals surface area contributed by atoms with Gasteiger partial charge in [0.2, 0.25) is 0 Å². The highest BCUT2D eigenvalue weighted by molar-refractivity contribution is 6.00. The molecule has 0 spiro atoms. The topological polar surface area (TPSA) is 29.5 Å². The molecule has 18 heavy (non-hydrogen) atoms. The van der Waals surface area contributed by atoms with E-state index < -0.39 is 0 Å². The van der Waals surface area contributed by atoms with Crippen LogP contribution in [0.25, 0.3) is 0 Å². The summed E-state index contributed by atoms with van der Waals surface area (Å²) in [6.45, 7) is 4.43. The molecule has 3 nitrogen and oxygen atoms in total. The fraction of sp³-hybridized carbons (Fsp3) is 0.533. The average Bonchev–Trinajstić information content (AvgIpc) is 2.43. The molecule has 0 radical (unpaired) electrons. The number of ketones is 1. The number of ether oxygens (including phenoxy) is 1. The maximum absolute atomic E-state index is 12.4. The van der Waals surface area contributed by atoms with Crippen LogP contribution < -0.4 is 0 Å². The third kappa shape index (κ3) is 2.33. The highest BCUT2D eigenvalue weighted by atomic mass is 16.5. The maximum Gasteiger partial charge on any atom is 0.167 e. The first kappa shape index (κ1) is 11.9. The Kier molecular flexibility index (Phi) is 3.43. The Morgan fingerprint density at radius 1 is 1.22 bits per heavy atom. The number of hydrogen-bond acceptors (Lipinski definition) is 3. The molecule has 1 fully saturated rings. The van der Waals surface area contributed by atoms with Crippen molar-refractivity contribution in [3.05, 3.63) is 35.4 Å². The zero-order chi connectivity index (χ0) is 12.4. The predicted molar refractivity (Wildman–Crippen MR) is 69.8 cm³/mol. The molecule has 1 aromatic carbocycles. The molecule has 1 atom stereocenters. The molecule has 0 bridgehead atoms. The van der Waals surface area contributed by atoms with Crippen molar-refractivity contribution in [1.29, 1.82) is 0 Å². The Balaban J connectivity index is 1.70. The highest BCUT2D eigenvalue weighted by Gasteiger charge is 2.28. The van der Waals surface area contributed by atoms with Gasteiger partial charge in [0.1, 0.15) is 0 Å². The Bertz CT molecular complexity index is 438. The third-order valence-corrected chi connectivity index (χ3v) is 4.00. The summed E-state index contributed by atoms with van der Waals surface area (Å²) in [5, 5.41) is 0. The number of carbonyl (C=O) groups is 1. The van der Waals surface area contributed by atoms with Crippen molar-refractivity contribution < 1.29 is 9.53 Å². The van der Waals surface area contributed by atoms with Gasteiger partial charge in [0.15, 0.2) is 5.78 Å². The van der Waals surface area contributed by atoms with E-state index in [1.54, 1.807) is 0 Å². The standard InChI is InChI=1S/C15H19NO2/c17-15-13(11-16-7-9-18-10-8-16)6-5-12-3-1-2-4-14(12)15/h1-4,13H,5-11H2. The van der Waals surface area contributed by atoms with Gasteiger partial charge in [0.05, 0.1) is 13.2 Å². The minimum absolute atomic E-state index is 0.179. The quantitative estimate of drug-likeness (QED) is 0.795.